The summed E-state index contributed by atoms with van der Waals surface area (Å²) >= 11 is 6.48. The summed E-state index contributed by atoms with van der Waals surface area (Å²) in [7, 11) is 3.30. The highest BCUT2D eigenvalue weighted by molar-refractivity contribution is 7.99. The smallest absolute Gasteiger partial charge is 0.262 e. The molecule has 1 amide bonds. The number of rotatable bonds is 4. The zero-order valence-corrected chi connectivity index (χ0v) is 30.6. The second-order valence-corrected chi connectivity index (χ2v) is 18.1. The van der Waals surface area contributed by atoms with Crippen LogP contribution in [-0.2, 0) is 26.3 Å². The molecular weight excluding hydrogens is 630 g/mol. The zero-order valence-electron chi connectivity index (χ0n) is 29.0. The van der Waals surface area contributed by atoms with E-state index in [4.69, 9.17) is 21.1 Å². The number of fused-ring (bicyclic) bond motifs is 4. The van der Waals surface area contributed by atoms with E-state index in [9.17, 15) is 9.00 Å². The minimum atomic E-state index is -2.89. The molecule has 9 heteroatoms. The van der Waals surface area contributed by atoms with Crippen molar-refractivity contribution in [2.75, 3.05) is 52.3 Å². The summed E-state index contributed by atoms with van der Waals surface area (Å²) in [5, 5.41) is 0.505. The fraction of sp³-hybridized carbons (Fsp3) is 0.632. The van der Waals surface area contributed by atoms with Crippen LogP contribution >= 0.6 is 11.6 Å². The molecule has 0 saturated heterocycles. The number of carbonyl (C=O) groups is 1. The first kappa shape index (κ1) is 34.6. The Balaban J connectivity index is 1.44. The number of amides is 1. The molecule has 0 aromatic heterocycles. The van der Waals surface area contributed by atoms with Crippen LogP contribution in [0.25, 0.3) is 0 Å². The number of anilines is 1. The van der Waals surface area contributed by atoms with Crippen LogP contribution in [0, 0.1) is 17.8 Å². The van der Waals surface area contributed by atoms with Crippen molar-refractivity contribution in [3.8, 4) is 5.75 Å². The average molecular weight is 684 g/mol. The summed E-state index contributed by atoms with van der Waals surface area (Å²) in [6.45, 7) is 7.29. The van der Waals surface area contributed by atoms with Gasteiger partial charge in [0, 0.05) is 48.0 Å². The largest absolute Gasteiger partial charge is 0.490 e. The van der Waals surface area contributed by atoms with Crippen LogP contribution in [0.15, 0.2) is 36.4 Å². The predicted molar refractivity (Wildman–Crippen MR) is 195 cm³/mol. The summed E-state index contributed by atoms with van der Waals surface area (Å²) < 4.78 is 30.1. The van der Waals surface area contributed by atoms with Gasteiger partial charge < -0.3 is 19.3 Å². The van der Waals surface area contributed by atoms with Crippen molar-refractivity contribution in [2.45, 2.75) is 87.9 Å². The monoisotopic (exact) mass is 683 g/mol. The predicted octanol–water partition coefficient (Wildman–Crippen LogP) is 6.75. The number of ether oxygens (including phenoxy) is 2. The molecular formula is C38H54ClN3O4S. The number of halogens is 1. The van der Waals surface area contributed by atoms with Crippen molar-refractivity contribution in [2.24, 2.45) is 17.8 Å². The fourth-order valence-corrected chi connectivity index (χ4v) is 10.6. The van der Waals surface area contributed by atoms with E-state index in [0.717, 1.165) is 93.9 Å². The maximum Gasteiger partial charge on any atom is 0.262 e. The van der Waals surface area contributed by atoms with Gasteiger partial charge in [0.05, 0.1) is 27.6 Å². The summed E-state index contributed by atoms with van der Waals surface area (Å²) in [5.74, 6) is 5.52. The van der Waals surface area contributed by atoms with Gasteiger partial charge in [-0.05, 0) is 137 Å². The van der Waals surface area contributed by atoms with Gasteiger partial charge in [-0.3, -0.25) is 9.52 Å². The Morgan fingerprint density at radius 3 is 2.66 bits per heavy atom. The Morgan fingerprint density at radius 1 is 1.13 bits per heavy atom. The number of methoxy groups -OCH3 is 1. The molecule has 4 aliphatic rings. The zero-order chi connectivity index (χ0) is 33.6. The maximum absolute atomic E-state index is 13.9. The molecule has 1 saturated carbocycles. The molecule has 1 unspecified atom stereocenters. The molecule has 7 atom stereocenters. The Kier molecular flexibility index (Phi) is 9.99. The number of benzene rings is 2. The normalized spacial score (nSPS) is 34.4. The molecule has 2 bridgehead atoms. The van der Waals surface area contributed by atoms with Gasteiger partial charge in [-0.2, -0.15) is 0 Å². The SMILES string of the molecule is C=S1(=O)NC(=O)c2ccc3c(c2)N(C[C@@H]2CC[C@H]2[C@](CCN(C)C)(OC)CCC[C@H](C)[C@H]1C)C[C@@]1(CCCc2cc(Cl)ccc21)CO3. The molecule has 2 heterocycles. The number of hydrogen-bond acceptors (Lipinski definition) is 6. The van der Waals surface area contributed by atoms with Crippen molar-refractivity contribution in [3.63, 3.8) is 0 Å². The van der Waals surface area contributed by atoms with Crippen molar-refractivity contribution >= 4 is 38.8 Å². The maximum atomic E-state index is 13.9. The Labute approximate surface area is 287 Å². The van der Waals surface area contributed by atoms with Crippen LogP contribution in [-0.4, -0.2) is 79.2 Å². The first-order chi connectivity index (χ1) is 22.4. The molecule has 1 fully saturated rings. The Bertz CT molecular complexity index is 1580. The highest BCUT2D eigenvalue weighted by Crippen LogP contribution is 2.50. The van der Waals surface area contributed by atoms with Crippen LogP contribution in [0.1, 0.15) is 86.7 Å². The van der Waals surface area contributed by atoms with E-state index in [1.54, 1.807) is 6.07 Å². The number of nitrogens with zero attached hydrogens (tertiary/aromatic N) is 2. The van der Waals surface area contributed by atoms with Crippen molar-refractivity contribution in [3.05, 3.63) is 58.1 Å². The van der Waals surface area contributed by atoms with Gasteiger partial charge >= 0.3 is 0 Å². The minimum Gasteiger partial charge on any atom is -0.490 e. The highest BCUT2D eigenvalue weighted by Gasteiger charge is 2.49. The minimum absolute atomic E-state index is 0.133. The van der Waals surface area contributed by atoms with Gasteiger partial charge in [-0.1, -0.05) is 31.0 Å². The number of carbonyl (C=O) groups excluding carboxylic acids is 1. The van der Waals surface area contributed by atoms with Gasteiger partial charge in [-0.15, -0.1) is 0 Å². The Hall–Kier alpha value is -2.26. The quantitative estimate of drug-likeness (QED) is 0.360. The third-order valence-electron chi connectivity index (χ3n) is 12.2. The van der Waals surface area contributed by atoms with Gasteiger partial charge in [0.2, 0.25) is 0 Å². The topological polar surface area (TPSA) is 71.1 Å². The first-order valence-corrected chi connectivity index (χ1v) is 19.7. The molecule has 2 aromatic carbocycles. The number of aryl methyl sites for hydroxylation is 1. The third kappa shape index (κ3) is 6.82. The van der Waals surface area contributed by atoms with Crippen molar-refractivity contribution in [1.82, 2.24) is 9.62 Å². The van der Waals surface area contributed by atoms with Gasteiger partial charge in [0.15, 0.2) is 0 Å². The second-order valence-electron chi connectivity index (χ2n) is 15.3. The number of hydrogen-bond donors (Lipinski definition) is 1. The van der Waals surface area contributed by atoms with E-state index < -0.39 is 9.71 Å². The van der Waals surface area contributed by atoms with E-state index in [1.165, 1.54) is 11.1 Å². The molecule has 1 spiro atoms. The average Bonchev–Trinajstić information content (AvgIpc) is 3.17. The van der Waals surface area contributed by atoms with E-state index in [0.29, 0.717) is 24.0 Å². The van der Waals surface area contributed by atoms with E-state index >= 15 is 0 Å². The summed E-state index contributed by atoms with van der Waals surface area (Å²) in [4.78, 5) is 18.5. The lowest BCUT2D eigenvalue weighted by Gasteiger charge is -2.52. The van der Waals surface area contributed by atoms with E-state index in [1.807, 2.05) is 32.2 Å². The standard InChI is InChI=1S/C38H54ClN3O4S/c1-26-9-7-18-38(45-5,19-20-41(3)4)33-14-11-30(33)23-42-24-37(17-8-10-28-21-31(39)13-15-32(28)37)25-46-35-16-12-29(22-34(35)42)36(43)40-47(6,44)27(26)2/h12-13,15-16,21-22,26-27,30,33H,6-11,14,17-20,23-25H2,1-5H3,(H,40,43,44)/t26-,27+,30-,33+,37-,38-,47?/m0/s1. The first-order valence-electron chi connectivity index (χ1n) is 17.6. The molecule has 2 aliphatic carbocycles. The van der Waals surface area contributed by atoms with Crippen LogP contribution in [0.3, 0.4) is 0 Å². The lowest BCUT2D eigenvalue weighted by molar-refractivity contribution is -0.122. The molecule has 0 radical (unpaired) electrons. The highest BCUT2D eigenvalue weighted by atomic mass is 35.5. The number of nitrogens with one attached hydrogen (secondary N) is 1. The van der Waals surface area contributed by atoms with Crippen LogP contribution in [0.5, 0.6) is 5.75 Å². The van der Waals surface area contributed by atoms with E-state index in [2.05, 4.69) is 53.5 Å². The molecule has 1 N–H and O–H groups in total. The fourth-order valence-electron chi connectivity index (χ4n) is 8.92. The van der Waals surface area contributed by atoms with Crippen LogP contribution in [0.4, 0.5) is 5.69 Å². The Morgan fingerprint density at radius 2 is 1.94 bits per heavy atom. The molecule has 2 aliphatic heterocycles. The molecule has 47 heavy (non-hydrogen) atoms. The molecule has 6 rings (SSSR count). The van der Waals surface area contributed by atoms with Gasteiger partial charge in [0.1, 0.15) is 5.75 Å². The third-order valence-corrected chi connectivity index (χ3v) is 14.6. The lowest BCUT2D eigenvalue weighted by atomic mass is 9.61. The lowest BCUT2D eigenvalue weighted by Crippen LogP contribution is -2.54. The molecule has 7 nitrogen and oxygen atoms in total. The van der Waals surface area contributed by atoms with Gasteiger partial charge in [0.25, 0.3) is 5.91 Å². The second kappa shape index (κ2) is 13.6. The van der Waals surface area contributed by atoms with Crippen LogP contribution in [0.2, 0.25) is 5.02 Å². The van der Waals surface area contributed by atoms with E-state index in [-0.39, 0.29) is 28.1 Å². The molecule has 2 aromatic rings. The van der Waals surface area contributed by atoms with Crippen LogP contribution < -0.4 is 14.4 Å². The summed E-state index contributed by atoms with van der Waals surface area (Å²) in [6, 6.07) is 12.0. The summed E-state index contributed by atoms with van der Waals surface area (Å²) in [5.41, 5.74) is 3.62. The van der Waals surface area contributed by atoms with Crippen molar-refractivity contribution < 1.29 is 18.5 Å². The van der Waals surface area contributed by atoms with Gasteiger partial charge in [-0.25, -0.2) is 4.21 Å². The van der Waals surface area contributed by atoms with Crippen molar-refractivity contribution in [1.29, 1.82) is 0 Å². The summed E-state index contributed by atoms with van der Waals surface area (Å²) in [6.07, 6.45) is 9.24. The molecule has 258 valence electrons.